The van der Waals surface area contributed by atoms with Gasteiger partial charge in [-0.2, -0.15) is 0 Å². The summed E-state index contributed by atoms with van der Waals surface area (Å²) >= 11 is 12.9. The van der Waals surface area contributed by atoms with Crippen LogP contribution in [0.15, 0.2) is 0 Å². The van der Waals surface area contributed by atoms with Gasteiger partial charge in [0, 0.05) is 18.4 Å². The number of carbonyl (C=O) groups is 5. The Kier molecular flexibility index (Phi) is 8.16. The molecule has 0 bridgehead atoms. The van der Waals surface area contributed by atoms with E-state index in [1.165, 1.54) is 4.90 Å². The maximum atomic E-state index is 13.8. The Labute approximate surface area is 227 Å². The molecule has 208 valence electrons. The van der Waals surface area contributed by atoms with E-state index < -0.39 is 69.0 Å². The molecule has 12 heteroatoms. The molecule has 2 saturated carbocycles. The molecule has 1 heterocycles. The summed E-state index contributed by atoms with van der Waals surface area (Å²) in [6.45, 7) is 10.6. The molecule has 1 saturated heterocycles. The number of rotatable bonds is 8. The van der Waals surface area contributed by atoms with Gasteiger partial charge in [0.05, 0.1) is 6.04 Å². The number of hydrogen-bond donors (Lipinski definition) is 3. The molecule has 0 aromatic carbocycles. The molecule has 3 aliphatic rings. The van der Waals surface area contributed by atoms with Crippen molar-refractivity contribution in [1.82, 2.24) is 15.5 Å². The van der Waals surface area contributed by atoms with Crippen LogP contribution in [0.25, 0.3) is 0 Å². The molecule has 0 radical (unpaired) electrons. The summed E-state index contributed by atoms with van der Waals surface area (Å²) in [7, 11) is 0. The molecule has 2 unspecified atom stereocenters. The van der Waals surface area contributed by atoms with Crippen molar-refractivity contribution in [3.05, 3.63) is 0 Å². The van der Waals surface area contributed by atoms with Crippen LogP contribution >= 0.6 is 23.2 Å². The van der Waals surface area contributed by atoms with Gasteiger partial charge in [0.15, 0.2) is 0 Å². The van der Waals surface area contributed by atoms with Crippen molar-refractivity contribution in [3.63, 3.8) is 0 Å². The second-order valence-corrected chi connectivity index (χ2v) is 14.0. The molecule has 0 spiro atoms. The van der Waals surface area contributed by atoms with Gasteiger partial charge in [0.2, 0.25) is 17.6 Å². The second-order valence-electron chi connectivity index (χ2n) is 12.5. The quantitative estimate of drug-likeness (QED) is 0.306. The van der Waals surface area contributed by atoms with E-state index in [9.17, 15) is 24.0 Å². The van der Waals surface area contributed by atoms with Gasteiger partial charge in [-0.25, -0.2) is 4.79 Å². The fraction of sp³-hybridized carbons (Fsp3) is 0.800. The number of nitrogens with zero attached hydrogens (tertiary/aromatic N) is 1. The molecule has 10 nitrogen and oxygen atoms in total. The van der Waals surface area contributed by atoms with Crippen LogP contribution in [0.5, 0.6) is 0 Å². The van der Waals surface area contributed by atoms with Crippen LogP contribution in [0.4, 0.5) is 4.79 Å². The number of hydrogen-bond acceptors (Lipinski definition) is 6. The van der Waals surface area contributed by atoms with E-state index in [0.717, 1.165) is 19.3 Å². The van der Waals surface area contributed by atoms with Gasteiger partial charge in [-0.05, 0) is 38.5 Å². The zero-order valence-electron chi connectivity index (χ0n) is 22.2. The highest BCUT2D eigenvalue weighted by Crippen LogP contribution is 2.65. The molecule has 2 aliphatic carbocycles. The van der Waals surface area contributed by atoms with E-state index in [1.807, 2.05) is 0 Å². The third-order valence-corrected chi connectivity index (χ3v) is 8.39. The van der Waals surface area contributed by atoms with Crippen molar-refractivity contribution in [1.29, 1.82) is 0 Å². The van der Waals surface area contributed by atoms with Crippen LogP contribution in [0.3, 0.4) is 0 Å². The third kappa shape index (κ3) is 6.50. The van der Waals surface area contributed by atoms with Crippen LogP contribution in [-0.2, 0) is 23.9 Å². The smallest absolute Gasteiger partial charge is 0.408 e. The van der Waals surface area contributed by atoms with Crippen LogP contribution in [0.1, 0.15) is 67.2 Å². The normalized spacial score (nSPS) is 26.3. The Hall–Kier alpha value is -2.07. The number of halogens is 2. The molecule has 3 fully saturated rings. The summed E-state index contributed by atoms with van der Waals surface area (Å²) in [5.74, 6) is -3.85. The van der Waals surface area contributed by atoms with Gasteiger partial charge in [-0.3, -0.25) is 19.2 Å². The summed E-state index contributed by atoms with van der Waals surface area (Å²) in [4.78, 5) is 65.4. The molecule has 1 aliphatic heterocycles. The molecule has 5 atom stereocenters. The van der Waals surface area contributed by atoms with Gasteiger partial charge in [-0.15, -0.1) is 23.2 Å². The minimum Gasteiger partial charge on any atom is -0.444 e. The van der Waals surface area contributed by atoms with E-state index in [2.05, 4.69) is 10.6 Å². The van der Waals surface area contributed by atoms with Crippen LogP contribution < -0.4 is 16.4 Å². The zero-order chi connectivity index (χ0) is 28.1. The van der Waals surface area contributed by atoms with Crippen molar-refractivity contribution in [2.75, 3.05) is 6.54 Å². The van der Waals surface area contributed by atoms with E-state index >= 15 is 0 Å². The SMILES string of the molecule is CC(C)(C)OC(=O)NC(C(=O)N1C[C@H]2[C@@H]([C@H]1C(=O)NC(CC1CCC1)C(=O)C(N)=O)C2(Cl)Cl)C(C)(C)C. The minimum absolute atomic E-state index is 0.105. The Morgan fingerprint density at radius 3 is 2.11 bits per heavy atom. The number of primary amides is 1. The van der Waals surface area contributed by atoms with Gasteiger partial charge in [0.25, 0.3) is 5.91 Å². The topological polar surface area (TPSA) is 148 Å². The Morgan fingerprint density at radius 2 is 1.65 bits per heavy atom. The first-order chi connectivity index (χ1) is 16.8. The summed E-state index contributed by atoms with van der Waals surface area (Å²) in [6, 6.07) is -3.20. The van der Waals surface area contributed by atoms with Crippen LogP contribution in [0.2, 0.25) is 0 Å². The maximum Gasteiger partial charge on any atom is 0.408 e. The van der Waals surface area contributed by atoms with E-state index in [-0.39, 0.29) is 18.4 Å². The van der Waals surface area contributed by atoms with Gasteiger partial charge < -0.3 is 26.0 Å². The number of carbonyl (C=O) groups excluding carboxylic acids is 5. The summed E-state index contributed by atoms with van der Waals surface area (Å²) in [6.07, 6.45) is 2.34. The highest BCUT2D eigenvalue weighted by molar-refractivity contribution is 6.51. The maximum absolute atomic E-state index is 13.8. The number of alkyl carbamates (subject to hydrolysis) is 1. The number of alkyl halides is 2. The van der Waals surface area contributed by atoms with Crippen molar-refractivity contribution >= 4 is 52.8 Å². The van der Waals surface area contributed by atoms with E-state index in [0.29, 0.717) is 6.42 Å². The first-order valence-corrected chi connectivity index (χ1v) is 13.4. The van der Waals surface area contributed by atoms with E-state index in [4.69, 9.17) is 33.7 Å². The van der Waals surface area contributed by atoms with E-state index in [1.54, 1.807) is 41.5 Å². The fourth-order valence-electron chi connectivity index (χ4n) is 5.10. The van der Waals surface area contributed by atoms with Gasteiger partial charge in [0.1, 0.15) is 22.0 Å². The lowest BCUT2D eigenvalue weighted by atomic mass is 9.80. The highest BCUT2D eigenvalue weighted by atomic mass is 35.5. The number of nitrogens with two attached hydrogens (primary N) is 1. The Balaban J connectivity index is 1.83. The Bertz CT molecular complexity index is 969. The number of piperidine rings is 1. The molecular formula is C25H38Cl2N4O6. The number of nitrogens with one attached hydrogen (secondary N) is 2. The lowest BCUT2D eigenvalue weighted by Crippen LogP contribution is -2.61. The summed E-state index contributed by atoms with van der Waals surface area (Å²) in [5.41, 5.74) is 3.74. The largest absolute Gasteiger partial charge is 0.444 e. The molecule has 0 aromatic rings. The predicted octanol–water partition coefficient (Wildman–Crippen LogP) is 2.29. The number of amides is 4. The van der Waals surface area contributed by atoms with Crippen LogP contribution in [0, 0.1) is 23.2 Å². The number of ether oxygens (including phenoxy) is 1. The lowest BCUT2D eigenvalue weighted by molar-refractivity contribution is -0.144. The average Bonchev–Trinajstić information content (AvgIpc) is 3.06. The summed E-state index contributed by atoms with van der Waals surface area (Å²) < 4.78 is 4.14. The Morgan fingerprint density at radius 1 is 1.05 bits per heavy atom. The van der Waals surface area contributed by atoms with Gasteiger partial charge >= 0.3 is 6.09 Å². The second kappa shape index (κ2) is 10.2. The van der Waals surface area contributed by atoms with Gasteiger partial charge in [-0.1, -0.05) is 40.0 Å². The zero-order valence-corrected chi connectivity index (χ0v) is 23.7. The standard InChI is InChI=1S/C25H38Cl2N4O6/c1-23(2,3)18(30-22(36)37-24(4,5)6)21(35)31-11-13-15(25(13,26)27)16(31)20(34)29-14(17(32)19(28)33)10-12-8-7-9-12/h12-16,18H,7-11H2,1-6H3,(H2,28,33)(H,29,34)(H,30,36)/t13-,14?,15-,16-,18?/m0/s1. The highest BCUT2D eigenvalue weighted by Gasteiger charge is 2.74. The monoisotopic (exact) mass is 560 g/mol. The molecule has 4 N–H and O–H groups in total. The summed E-state index contributed by atoms with van der Waals surface area (Å²) in [5, 5.41) is 5.31. The molecule has 4 amide bonds. The first-order valence-electron chi connectivity index (χ1n) is 12.7. The average molecular weight is 562 g/mol. The van der Waals surface area contributed by atoms with Crippen molar-refractivity contribution in [2.45, 2.75) is 95.3 Å². The predicted molar refractivity (Wildman–Crippen MR) is 138 cm³/mol. The fourth-order valence-corrected chi connectivity index (χ4v) is 5.92. The molecule has 0 aromatic heterocycles. The first kappa shape index (κ1) is 29.5. The van der Waals surface area contributed by atoms with Crippen molar-refractivity contribution < 1.29 is 28.7 Å². The number of Topliss-reactive ketones (excluding diaryl/α,β-unsaturated/α-hetero) is 1. The minimum atomic E-state index is -1.20. The number of ketones is 1. The lowest BCUT2D eigenvalue weighted by Gasteiger charge is -2.37. The molecular weight excluding hydrogens is 523 g/mol. The molecule has 3 rings (SSSR count). The van der Waals surface area contributed by atoms with Crippen molar-refractivity contribution in [3.8, 4) is 0 Å². The molecule has 37 heavy (non-hydrogen) atoms. The number of fused-ring (bicyclic) bond motifs is 1. The van der Waals surface area contributed by atoms with Crippen molar-refractivity contribution in [2.24, 2.45) is 28.9 Å². The van der Waals surface area contributed by atoms with Crippen LogP contribution in [-0.4, -0.2) is 69.1 Å². The third-order valence-electron chi connectivity index (χ3n) is 7.33. The number of likely N-dealkylation sites (tertiary alicyclic amines) is 1.